The van der Waals surface area contributed by atoms with Gasteiger partial charge in [0, 0.05) is 18.2 Å². The number of amides is 1. The van der Waals surface area contributed by atoms with Crippen LogP contribution in [0.4, 0.5) is 5.69 Å². The Morgan fingerprint density at radius 3 is 2.79 bits per heavy atom. The molecule has 1 heterocycles. The number of hydrogen-bond donors (Lipinski definition) is 1. The predicted octanol–water partition coefficient (Wildman–Crippen LogP) is 2.42. The van der Waals surface area contributed by atoms with Crippen molar-refractivity contribution in [3.05, 3.63) is 37.9 Å². The van der Waals surface area contributed by atoms with Crippen LogP contribution in [-0.2, 0) is 4.74 Å². The number of hydrogen-bond acceptors (Lipinski definition) is 4. The van der Waals surface area contributed by atoms with Gasteiger partial charge in [0.25, 0.3) is 11.6 Å². The van der Waals surface area contributed by atoms with Crippen molar-refractivity contribution in [3.8, 4) is 0 Å². The summed E-state index contributed by atoms with van der Waals surface area (Å²) >= 11 is 11.5. The Bertz CT molecular complexity index is 530. The van der Waals surface area contributed by atoms with Crippen LogP contribution >= 0.6 is 23.2 Å². The molecule has 1 amide bonds. The third-order valence-corrected chi connectivity index (χ3v) is 3.52. The van der Waals surface area contributed by atoms with E-state index in [1.807, 2.05) is 0 Å². The monoisotopic (exact) mass is 304 g/mol. The molecule has 1 aliphatic heterocycles. The zero-order chi connectivity index (χ0) is 14.0. The Morgan fingerprint density at radius 2 is 2.21 bits per heavy atom. The summed E-state index contributed by atoms with van der Waals surface area (Å²) in [6.07, 6.45) is 0.717. The van der Waals surface area contributed by atoms with Crippen molar-refractivity contribution < 1.29 is 14.5 Å². The molecular formula is C11H10Cl2N2O4. The number of rotatable bonds is 3. The van der Waals surface area contributed by atoms with Gasteiger partial charge in [-0.05, 0) is 12.5 Å². The van der Waals surface area contributed by atoms with Crippen LogP contribution in [-0.4, -0.2) is 30.1 Å². The average molecular weight is 305 g/mol. The van der Waals surface area contributed by atoms with Gasteiger partial charge < -0.3 is 10.1 Å². The van der Waals surface area contributed by atoms with Crippen LogP contribution in [0, 0.1) is 10.1 Å². The molecule has 1 N–H and O–H groups in total. The highest BCUT2D eigenvalue weighted by Crippen LogP contribution is 2.33. The predicted molar refractivity (Wildman–Crippen MR) is 69.8 cm³/mol. The second kappa shape index (κ2) is 5.73. The Labute approximate surface area is 118 Å². The van der Waals surface area contributed by atoms with E-state index in [-0.39, 0.29) is 27.3 Å². The number of ether oxygens (including phenoxy) is 1. The van der Waals surface area contributed by atoms with Crippen molar-refractivity contribution in [3.63, 3.8) is 0 Å². The minimum atomic E-state index is -0.677. The summed E-state index contributed by atoms with van der Waals surface area (Å²) in [5.41, 5.74) is -0.282. The molecule has 8 heteroatoms. The minimum Gasteiger partial charge on any atom is -0.379 e. The molecule has 1 unspecified atom stereocenters. The summed E-state index contributed by atoms with van der Waals surface area (Å²) in [5, 5.41) is 13.3. The quantitative estimate of drug-likeness (QED) is 0.687. The Balaban J connectivity index is 2.24. The van der Waals surface area contributed by atoms with Gasteiger partial charge in [-0.15, -0.1) is 0 Å². The summed E-state index contributed by atoms with van der Waals surface area (Å²) < 4.78 is 5.13. The summed E-state index contributed by atoms with van der Waals surface area (Å²) in [7, 11) is 0. The molecular weight excluding hydrogens is 295 g/mol. The molecule has 1 fully saturated rings. The van der Waals surface area contributed by atoms with E-state index in [0.717, 1.165) is 12.5 Å². The lowest BCUT2D eigenvalue weighted by molar-refractivity contribution is -0.384. The highest BCUT2D eigenvalue weighted by atomic mass is 35.5. The van der Waals surface area contributed by atoms with Crippen molar-refractivity contribution in [2.45, 2.75) is 12.5 Å². The van der Waals surface area contributed by atoms with E-state index in [9.17, 15) is 14.9 Å². The highest BCUT2D eigenvalue weighted by molar-refractivity contribution is 6.43. The lowest BCUT2D eigenvalue weighted by Crippen LogP contribution is -2.35. The van der Waals surface area contributed by atoms with Gasteiger partial charge in [0.15, 0.2) is 0 Å². The standard InChI is InChI=1S/C11H10Cl2N2O4/c12-8-3-6(4-9(10(8)13)15(17)18)11(16)14-7-1-2-19-5-7/h3-4,7H,1-2,5H2,(H,14,16). The molecule has 102 valence electrons. The van der Waals surface area contributed by atoms with Crippen LogP contribution in [0.3, 0.4) is 0 Å². The zero-order valence-electron chi connectivity index (χ0n) is 9.69. The van der Waals surface area contributed by atoms with E-state index >= 15 is 0 Å². The molecule has 0 bridgehead atoms. The largest absolute Gasteiger partial charge is 0.379 e. The normalized spacial score (nSPS) is 18.3. The molecule has 1 atom stereocenters. The second-order valence-corrected chi connectivity index (χ2v) is 4.87. The lowest BCUT2D eigenvalue weighted by Gasteiger charge is -2.11. The molecule has 2 rings (SSSR count). The van der Waals surface area contributed by atoms with Crippen LogP contribution in [0.1, 0.15) is 16.8 Å². The molecule has 0 aromatic heterocycles. The number of nitro groups is 1. The van der Waals surface area contributed by atoms with Crippen molar-refractivity contribution in [1.29, 1.82) is 0 Å². The van der Waals surface area contributed by atoms with Gasteiger partial charge in [0.05, 0.1) is 22.6 Å². The van der Waals surface area contributed by atoms with Gasteiger partial charge in [-0.25, -0.2) is 0 Å². The van der Waals surface area contributed by atoms with Crippen molar-refractivity contribution in [2.75, 3.05) is 13.2 Å². The molecule has 1 saturated heterocycles. The Hall–Kier alpha value is -1.37. The average Bonchev–Trinajstić information content (AvgIpc) is 2.84. The first-order chi connectivity index (χ1) is 8.99. The number of nitrogens with one attached hydrogen (secondary N) is 1. The fraction of sp³-hybridized carbons (Fsp3) is 0.364. The SMILES string of the molecule is O=C(NC1CCOC1)c1cc(Cl)c(Cl)c([N+](=O)[O-])c1. The van der Waals surface area contributed by atoms with E-state index < -0.39 is 10.8 Å². The maximum absolute atomic E-state index is 11.9. The maximum Gasteiger partial charge on any atom is 0.290 e. The van der Waals surface area contributed by atoms with Crippen molar-refractivity contribution in [2.24, 2.45) is 0 Å². The molecule has 1 aromatic rings. The minimum absolute atomic E-state index is 0.0244. The molecule has 1 aromatic carbocycles. The molecule has 0 spiro atoms. The smallest absolute Gasteiger partial charge is 0.290 e. The number of nitro benzene ring substituents is 1. The van der Waals surface area contributed by atoms with E-state index in [4.69, 9.17) is 27.9 Å². The van der Waals surface area contributed by atoms with Gasteiger partial charge in [-0.2, -0.15) is 0 Å². The third kappa shape index (κ3) is 3.15. The summed E-state index contributed by atoms with van der Waals surface area (Å²) in [6, 6.07) is 2.34. The van der Waals surface area contributed by atoms with Crippen LogP contribution in [0.5, 0.6) is 0 Å². The van der Waals surface area contributed by atoms with E-state index in [1.165, 1.54) is 6.07 Å². The molecule has 6 nitrogen and oxygen atoms in total. The topological polar surface area (TPSA) is 81.5 Å². The number of benzene rings is 1. The molecule has 1 aliphatic rings. The Morgan fingerprint density at radius 1 is 1.47 bits per heavy atom. The maximum atomic E-state index is 11.9. The summed E-state index contributed by atoms with van der Waals surface area (Å²) in [6.45, 7) is 1.03. The van der Waals surface area contributed by atoms with Crippen molar-refractivity contribution in [1.82, 2.24) is 5.32 Å². The summed E-state index contributed by atoms with van der Waals surface area (Å²) in [4.78, 5) is 22.1. The van der Waals surface area contributed by atoms with E-state index in [2.05, 4.69) is 5.32 Å². The fourth-order valence-electron chi connectivity index (χ4n) is 1.76. The first-order valence-corrected chi connectivity index (χ1v) is 6.26. The van der Waals surface area contributed by atoms with E-state index in [0.29, 0.717) is 13.2 Å². The number of carbonyl (C=O) groups is 1. The number of halogens is 2. The van der Waals surface area contributed by atoms with Crippen molar-refractivity contribution >= 4 is 34.8 Å². The van der Waals surface area contributed by atoms with Crippen LogP contribution < -0.4 is 5.32 Å². The van der Waals surface area contributed by atoms with Gasteiger partial charge >= 0.3 is 0 Å². The van der Waals surface area contributed by atoms with Gasteiger partial charge in [-0.1, -0.05) is 23.2 Å². The van der Waals surface area contributed by atoms with E-state index in [1.54, 1.807) is 0 Å². The second-order valence-electron chi connectivity index (χ2n) is 4.08. The Kier molecular flexibility index (Phi) is 4.24. The van der Waals surface area contributed by atoms with Crippen LogP contribution in [0.2, 0.25) is 10.0 Å². The first-order valence-electron chi connectivity index (χ1n) is 5.51. The summed E-state index contributed by atoms with van der Waals surface area (Å²) in [5.74, 6) is -0.433. The molecule has 19 heavy (non-hydrogen) atoms. The third-order valence-electron chi connectivity index (χ3n) is 2.73. The van der Waals surface area contributed by atoms with Crippen LogP contribution in [0.25, 0.3) is 0 Å². The van der Waals surface area contributed by atoms with Gasteiger partial charge in [0.2, 0.25) is 0 Å². The lowest BCUT2D eigenvalue weighted by atomic mass is 10.1. The van der Waals surface area contributed by atoms with Crippen LogP contribution in [0.15, 0.2) is 12.1 Å². The van der Waals surface area contributed by atoms with Gasteiger partial charge in [-0.3, -0.25) is 14.9 Å². The molecule has 0 aliphatic carbocycles. The zero-order valence-corrected chi connectivity index (χ0v) is 11.2. The van der Waals surface area contributed by atoms with Gasteiger partial charge in [0.1, 0.15) is 5.02 Å². The highest BCUT2D eigenvalue weighted by Gasteiger charge is 2.23. The number of carbonyl (C=O) groups excluding carboxylic acids is 1. The first kappa shape index (κ1) is 14.0. The molecule has 0 radical (unpaired) electrons. The molecule has 0 saturated carbocycles. The fourth-order valence-corrected chi connectivity index (χ4v) is 2.15. The number of nitrogens with zero attached hydrogens (tertiary/aromatic N) is 1.